The van der Waals surface area contributed by atoms with Gasteiger partial charge in [-0.1, -0.05) is 48.8 Å². The largest absolute Gasteiger partial charge is 0.310 e. The summed E-state index contributed by atoms with van der Waals surface area (Å²) >= 11 is 3.52. The zero-order valence-corrected chi connectivity index (χ0v) is 15.5. The van der Waals surface area contributed by atoms with Gasteiger partial charge in [0.05, 0.1) is 0 Å². The van der Waals surface area contributed by atoms with Crippen molar-refractivity contribution in [1.82, 2.24) is 10.2 Å². The van der Waals surface area contributed by atoms with Crippen molar-refractivity contribution in [3.63, 3.8) is 0 Å². The van der Waals surface area contributed by atoms with Gasteiger partial charge in [-0.2, -0.15) is 0 Å². The predicted octanol–water partition coefficient (Wildman–Crippen LogP) is 5.00. The lowest BCUT2D eigenvalue weighted by Crippen LogP contribution is -2.31. The number of hydrogen-bond acceptors (Lipinski definition) is 2. The number of nitrogens with one attached hydrogen (secondary N) is 1. The van der Waals surface area contributed by atoms with E-state index < -0.39 is 0 Å². The smallest absolute Gasteiger partial charge is 0.0332 e. The molecule has 1 aromatic carbocycles. The average molecular weight is 355 g/mol. The third kappa shape index (κ3) is 7.44. The average Bonchev–Trinajstić information content (AvgIpc) is 2.49. The van der Waals surface area contributed by atoms with Gasteiger partial charge in [-0.25, -0.2) is 0 Å². The van der Waals surface area contributed by atoms with Crippen LogP contribution in [0, 0.1) is 0 Å². The second kappa shape index (κ2) is 11.2. The Labute approximate surface area is 139 Å². The molecule has 0 heterocycles. The van der Waals surface area contributed by atoms with E-state index in [0.717, 1.165) is 11.0 Å². The van der Waals surface area contributed by atoms with Crippen molar-refractivity contribution >= 4 is 15.9 Å². The predicted molar refractivity (Wildman–Crippen MR) is 96.8 cm³/mol. The molecule has 1 atom stereocenters. The Morgan fingerprint density at radius 2 is 1.57 bits per heavy atom. The molecule has 3 heteroatoms. The molecule has 0 bridgehead atoms. The van der Waals surface area contributed by atoms with Crippen LogP contribution in [-0.4, -0.2) is 31.1 Å². The molecule has 21 heavy (non-hydrogen) atoms. The summed E-state index contributed by atoms with van der Waals surface area (Å²) in [5, 5.41) is 3.70. The number of benzene rings is 1. The molecular weight excluding hydrogens is 324 g/mol. The van der Waals surface area contributed by atoms with Crippen LogP contribution < -0.4 is 5.32 Å². The molecule has 0 saturated heterocycles. The summed E-state index contributed by atoms with van der Waals surface area (Å²) in [5.41, 5.74) is 1.40. The molecule has 120 valence electrons. The van der Waals surface area contributed by atoms with E-state index in [9.17, 15) is 0 Å². The third-order valence-corrected chi connectivity index (χ3v) is 4.26. The van der Waals surface area contributed by atoms with Crippen molar-refractivity contribution in [1.29, 1.82) is 0 Å². The molecule has 1 rings (SSSR count). The van der Waals surface area contributed by atoms with Gasteiger partial charge in [0.25, 0.3) is 0 Å². The molecule has 0 aliphatic carbocycles. The Hall–Kier alpha value is -0.380. The first kappa shape index (κ1) is 18.7. The molecule has 1 unspecified atom stereocenters. The number of hydrogen-bond donors (Lipinski definition) is 1. The topological polar surface area (TPSA) is 15.3 Å². The Kier molecular flexibility index (Phi) is 9.98. The lowest BCUT2D eigenvalue weighted by atomic mass is 10.0. The molecule has 0 fully saturated rings. The first-order valence-corrected chi connectivity index (χ1v) is 9.21. The maximum absolute atomic E-state index is 3.70. The van der Waals surface area contributed by atoms with E-state index in [0.29, 0.717) is 6.04 Å². The Morgan fingerprint density at radius 3 is 2.10 bits per heavy atom. The summed E-state index contributed by atoms with van der Waals surface area (Å²) in [6, 6.07) is 9.23. The molecule has 0 aromatic heterocycles. The van der Waals surface area contributed by atoms with Gasteiger partial charge in [-0.3, -0.25) is 0 Å². The van der Waals surface area contributed by atoms with E-state index in [-0.39, 0.29) is 0 Å². The highest BCUT2D eigenvalue weighted by atomic mass is 79.9. The molecule has 0 saturated carbocycles. The van der Waals surface area contributed by atoms with Crippen LogP contribution in [0.5, 0.6) is 0 Å². The lowest BCUT2D eigenvalue weighted by Gasteiger charge is -2.25. The fourth-order valence-electron chi connectivity index (χ4n) is 2.68. The normalized spacial score (nSPS) is 12.8. The monoisotopic (exact) mass is 354 g/mol. The summed E-state index contributed by atoms with van der Waals surface area (Å²) in [6.07, 6.45) is 4.85. The van der Waals surface area contributed by atoms with Crippen LogP contribution in [0.2, 0.25) is 0 Å². The van der Waals surface area contributed by atoms with E-state index in [1.165, 1.54) is 50.9 Å². The van der Waals surface area contributed by atoms with Crippen LogP contribution in [0.1, 0.15) is 58.1 Å². The zero-order valence-electron chi connectivity index (χ0n) is 13.9. The summed E-state index contributed by atoms with van der Waals surface area (Å²) < 4.78 is 1.15. The first-order valence-electron chi connectivity index (χ1n) is 8.42. The van der Waals surface area contributed by atoms with Gasteiger partial charge in [-0.05, 0) is 69.6 Å². The summed E-state index contributed by atoms with van der Waals surface area (Å²) in [7, 11) is 0. The van der Waals surface area contributed by atoms with Gasteiger partial charge in [0.15, 0.2) is 0 Å². The van der Waals surface area contributed by atoms with Gasteiger partial charge in [0.1, 0.15) is 0 Å². The standard InChI is InChI=1S/C18H31BrN2/c1-4-12-20-18(16-7-9-17(19)10-8-16)11-15-21(13-5-2)14-6-3/h7-10,18,20H,4-6,11-15H2,1-3H3. The van der Waals surface area contributed by atoms with Crippen LogP contribution in [0.4, 0.5) is 0 Å². The Bertz CT molecular complexity index is 358. The highest BCUT2D eigenvalue weighted by Crippen LogP contribution is 2.20. The van der Waals surface area contributed by atoms with Crippen molar-refractivity contribution in [2.75, 3.05) is 26.2 Å². The summed E-state index contributed by atoms with van der Waals surface area (Å²) in [5.74, 6) is 0. The van der Waals surface area contributed by atoms with Gasteiger partial charge in [-0.15, -0.1) is 0 Å². The van der Waals surface area contributed by atoms with Crippen LogP contribution in [-0.2, 0) is 0 Å². The van der Waals surface area contributed by atoms with E-state index in [1.54, 1.807) is 0 Å². The fourth-order valence-corrected chi connectivity index (χ4v) is 2.94. The van der Waals surface area contributed by atoms with Gasteiger partial charge < -0.3 is 10.2 Å². The quantitative estimate of drug-likeness (QED) is 0.601. The minimum absolute atomic E-state index is 0.467. The van der Waals surface area contributed by atoms with Crippen molar-refractivity contribution in [2.45, 2.75) is 52.5 Å². The Morgan fingerprint density at radius 1 is 0.952 bits per heavy atom. The van der Waals surface area contributed by atoms with Crippen LogP contribution in [0.25, 0.3) is 0 Å². The lowest BCUT2D eigenvalue weighted by molar-refractivity contribution is 0.257. The molecule has 0 aliphatic heterocycles. The highest BCUT2D eigenvalue weighted by Gasteiger charge is 2.12. The Balaban J connectivity index is 2.62. The molecular formula is C18H31BrN2. The first-order chi connectivity index (χ1) is 10.2. The molecule has 0 aliphatic rings. The minimum atomic E-state index is 0.467. The van der Waals surface area contributed by atoms with Crippen LogP contribution >= 0.6 is 15.9 Å². The van der Waals surface area contributed by atoms with E-state index in [1.807, 2.05) is 0 Å². The van der Waals surface area contributed by atoms with Gasteiger partial charge in [0.2, 0.25) is 0 Å². The molecule has 0 spiro atoms. The molecule has 1 aromatic rings. The SMILES string of the molecule is CCCNC(CCN(CCC)CCC)c1ccc(Br)cc1. The van der Waals surface area contributed by atoms with Gasteiger partial charge in [0, 0.05) is 10.5 Å². The molecule has 2 nitrogen and oxygen atoms in total. The maximum Gasteiger partial charge on any atom is 0.0332 e. The van der Waals surface area contributed by atoms with E-state index >= 15 is 0 Å². The minimum Gasteiger partial charge on any atom is -0.310 e. The van der Waals surface area contributed by atoms with Crippen molar-refractivity contribution < 1.29 is 0 Å². The van der Waals surface area contributed by atoms with Crippen LogP contribution in [0.3, 0.4) is 0 Å². The second-order valence-electron chi connectivity index (χ2n) is 5.69. The van der Waals surface area contributed by atoms with Crippen molar-refractivity contribution in [3.8, 4) is 0 Å². The molecule has 0 amide bonds. The second-order valence-corrected chi connectivity index (χ2v) is 6.60. The van der Waals surface area contributed by atoms with Crippen molar-refractivity contribution in [2.24, 2.45) is 0 Å². The number of rotatable bonds is 11. The molecule has 0 radical (unpaired) electrons. The van der Waals surface area contributed by atoms with Gasteiger partial charge >= 0.3 is 0 Å². The summed E-state index contributed by atoms with van der Waals surface area (Å²) in [4.78, 5) is 2.60. The third-order valence-electron chi connectivity index (χ3n) is 3.73. The fraction of sp³-hybridized carbons (Fsp3) is 0.667. The van der Waals surface area contributed by atoms with E-state index in [2.05, 4.69) is 71.2 Å². The van der Waals surface area contributed by atoms with E-state index in [4.69, 9.17) is 0 Å². The highest BCUT2D eigenvalue weighted by molar-refractivity contribution is 9.10. The summed E-state index contributed by atoms with van der Waals surface area (Å²) in [6.45, 7) is 11.5. The number of halogens is 1. The zero-order chi connectivity index (χ0) is 15.5. The molecule has 1 N–H and O–H groups in total. The van der Waals surface area contributed by atoms with Crippen LogP contribution in [0.15, 0.2) is 28.7 Å². The number of nitrogens with zero attached hydrogens (tertiary/aromatic N) is 1. The maximum atomic E-state index is 3.70. The van der Waals surface area contributed by atoms with Crippen molar-refractivity contribution in [3.05, 3.63) is 34.3 Å².